The molecule has 1 aliphatic rings. The molecule has 4 heteroatoms. The Morgan fingerprint density at radius 2 is 2.00 bits per heavy atom. The van der Waals surface area contributed by atoms with Gasteiger partial charge in [-0.1, -0.05) is 6.92 Å². The Hall–Kier alpha value is -1.00. The summed E-state index contributed by atoms with van der Waals surface area (Å²) in [7, 11) is 0. The van der Waals surface area contributed by atoms with E-state index in [9.17, 15) is 0 Å². The van der Waals surface area contributed by atoms with Crippen LogP contribution >= 0.6 is 0 Å². The van der Waals surface area contributed by atoms with Gasteiger partial charge in [0, 0.05) is 43.1 Å². The van der Waals surface area contributed by atoms with E-state index in [4.69, 9.17) is 4.74 Å². The highest BCUT2D eigenvalue weighted by molar-refractivity contribution is 5.24. The topological polar surface area (TPSA) is 47.0 Å². The summed E-state index contributed by atoms with van der Waals surface area (Å²) in [5.41, 5.74) is 3.46. The van der Waals surface area contributed by atoms with Gasteiger partial charge in [0.25, 0.3) is 0 Å². The molecule has 2 heterocycles. The van der Waals surface area contributed by atoms with Crippen LogP contribution < -0.4 is 5.32 Å². The van der Waals surface area contributed by atoms with Crippen molar-refractivity contribution in [3.63, 3.8) is 0 Å². The van der Waals surface area contributed by atoms with E-state index in [2.05, 4.69) is 36.1 Å². The third-order valence-corrected chi connectivity index (χ3v) is 3.51. The molecule has 18 heavy (non-hydrogen) atoms. The standard InChI is InChI=1S/C14H23N3O/c1-4-15-8-13-10(2)16-14(17-11(13)3)7-12-5-6-18-9-12/h12,15H,4-9H2,1-3H3. The van der Waals surface area contributed by atoms with Crippen LogP contribution in [0.15, 0.2) is 0 Å². The number of aromatic nitrogens is 2. The highest BCUT2D eigenvalue weighted by Crippen LogP contribution is 2.18. The molecule has 1 fully saturated rings. The maximum atomic E-state index is 5.40. The van der Waals surface area contributed by atoms with Crippen molar-refractivity contribution in [3.05, 3.63) is 22.8 Å². The van der Waals surface area contributed by atoms with Gasteiger partial charge in [-0.25, -0.2) is 9.97 Å². The summed E-state index contributed by atoms with van der Waals surface area (Å²) in [5, 5.41) is 3.34. The summed E-state index contributed by atoms with van der Waals surface area (Å²) in [5.74, 6) is 1.57. The van der Waals surface area contributed by atoms with E-state index >= 15 is 0 Å². The fourth-order valence-corrected chi connectivity index (χ4v) is 2.41. The summed E-state index contributed by atoms with van der Waals surface area (Å²) in [6.07, 6.45) is 2.09. The van der Waals surface area contributed by atoms with Gasteiger partial charge in [-0.05, 0) is 32.7 Å². The largest absolute Gasteiger partial charge is 0.381 e. The second-order valence-electron chi connectivity index (χ2n) is 5.00. The minimum atomic E-state index is 0.600. The lowest BCUT2D eigenvalue weighted by Crippen LogP contribution is -2.17. The normalized spacial score (nSPS) is 19.4. The summed E-state index contributed by atoms with van der Waals surface area (Å²) in [4.78, 5) is 9.29. The van der Waals surface area contributed by atoms with Gasteiger partial charge >= 0.3 is 0 Å². The first-order chi connectivity index (χ1) is 8.70. The average molecular weight is 249 g/mol. The minimum absolute atomic E-state index is 0.600. The molecular weight excluding hydrogens is 226 g/mol. The fourth-order valence-electron chi connectivity index (χ4n) is 2.41. The van der Waals surface area contributed by atoms with Crippen molar-refractivity contribution in [2.45, 2.75) is 40.2 Å². The molecule has 1 unspecified atom stereocenters. The molecule has 0 spiro atoms. The van der Waals surface area contributed by atoms with Gasteiger partial charge in [0.05, 0.1) is 0 Å². The van der Waals surface area contributed by atoms with Gasteiger partial charge < -0.3 is 10.1 Å². The van der Waals surface area contributed by atoms with E-state index in [1.165, 1.54) is 5.56 Å². The zero-order chi connectivity index (χ0) is 13.0. The van der Waals surface area contributed by atoms with Crippen molar-refractivity contribution in [2.75, 3.05) is 19.8 Å². The van der Waals surface area contributed by atoms with Gasteiger partial charge in [-0.15, -0.1) is 0 Å². The van der Waals surface area contributed by atoms with Gasteiger partial charge in [-0.2, -0.15) is 0 Å². The van der Waals surface area contributed by atoms with Crippen molar-refractivity contribution in [1.82, 2.24) is 15.3 Å². The lowest BCUT2D eigenvalue weighted by Gasteiger charge is -2.12. The fraction of sp³-hybridized carbons (Fsp3) is 0.714. The maximum absolute atomic E-state index is 5.40. The number of hydrogen-bond donors (Lipinski definition) is 1. The van der Waals surface area contributed by atoms with E-state index in [1.54, 1.807) is 0 Å². The second-order valence-corrected chi connectivity index (χ2v) is 5.00. The Morgan fingerprint density at radius 1 is 1.28 bits per heavy atom. The number of ether oxygens (including phenoxy) is 1. The summed E-state index contributed by atoms with van der Waals surface area (Å²) in [6, 6.07) is 0. The molecule has 1 atom stereocenters. The quantitative estimate of drug-likeness (QED) is 0.864. The van der Waals surface area contributed by atoms with E-state index in [-0.39, 0.29) is 0 Å². The SMILES string of the molecule is CCNCc1c(C)nc(CC2CCOC2)nc1C. The van der Waals surface area contributed by atoms with E-state index in [0.717, 1.165) is 56.4 Å². The van der Waals surface area contributed by atoms with Crippen LogP contribution in [0.3, 0.4) is 0 Å². The molecule has 1 aliphatic heterocycles. The van der Waals surface area contributed by atoms with Crippen LogP contribution in [0.1, 0.15) is 36.1 Å². The molecule has 0 aliphatic carbocycles. The molecular formula is C14H23N3O. The number of hydrogen-bond acceptors (Lipinski definition) is 4. The Kier molecular flexibility index (Phi) is 4.66. The molecule has 4 nitrogen and oxygen atoms in total. The Labute approximate surface area is 109 Å². The molecule has 1 saturated heterocycles. The van der Waals surface area contributed by atoms with Crippen LogP contribution in [0.2, 0.25) is 0 Å². The molecule has 1 aromatic rings. The molecule has 0 aromatic carbocycles. The lowest BCUT2D eigenvalue weighted by atomic mass is 10.0. The van der Waals surface area contributed by atoms with Crippen molar-refractivity contribution >= 4 is 0 Å². The first-order valence-corrected chi connectivity index (χ1v) is 6.82. The van der Waals surface area contributed by atoms with Crippen molar-refractivity contribution < 1.29 is 4.74 Å². The zero-order valence-corrected chi connectivity index (χ0v) is 11.6. The first-order valence-electron chi connectivity index (χ1n) is 6.82. The van der Waals surface area contributed by atoms with Crippen LogP contribution in [-0.2, 0) is 17.7 Å². The third-order valence-electron chi connectivity index (χ3n) is 3.51. The first kappa shape index (κ1) is 13.4. The van der Waals surface area contributed by atoms with Gasteiger partial charge in [0.15, 0.2) is 0 Å². The number of nitrogens with one attached hydrogen (secondary N) is 1. The molecule has 0 amide bonds. The lowest BCUT2D eigenvalue weighted by molar-refractivity contribution is 0.185. The number of aryl methyl sites for hydroxylation is 2. The second kappa shape index (κ2) is 6.25. The van der Waals surface area contributed by atoms with Crippen LogP contribution in [0, 0.1) is 19.8 Å². The summed E-state index contributed by atoms with van der Waals surface area (Å²) in [6.45, 7) is 9.86. The average Bonchev–Trinajstić information content (AvgIpc) is 2.81. The highest BCUT2D eigenvalue weighted by Gasteiger charge is 2.18. The van der Waals surface area contributed by atoms with Gasteiger partial charge in [0.2, 0.25) is 0 Å². The Bertz CT molecular complexity index is 377. The molecule has 2 rings (SSSR count). The van der Waals surface area contributed by atoms with Crippen LogP contribution in [-0.4, -0.2) is 29.7 Å². The Morgan fingerprint density at radius 3 is 2.56 bits per heavy atom. The maximum Gasteiger partial charge on any atom is 0.129 e. The Balaban J connectivity index is 2.08. The molecule has 0 radical (unpaired) electrons. The molecule has 1 N–H and O–H groups in total. The molecule has 1 aromatic heterocycles. The third kappa shape index (κ3) is 3.27. The van der Waals surface area contributed by atoms with Crippen molar-refractivity contribution in [2.24, 2.45) is 5.92 Å². The van der Waals surface area contributed by atoms with E-state index in [1.807, 2.05) is 0 Å². The molecule has 100 valence electrons. The van der Waals surface area contributed by atoms with Crippen LogP contribution in [0.25, 0.3) is 0 Å². The van der Waals surface area contributed by atoms with Crippen molar-refractivity contribution in [1.29, 1.82) is 0 Å². The van der Waals surface area contributed by atoms with Crippen molar-refractivity contribution in [3.8, 4) is 0 Å². The summed E-state index contributed by atoms with van der Waals surface area (Å²) >= 11 is 0. The van der Waals surface area contributed by atoms with Gasteiger partial charge in [-0.3, -0.25) is 0 Å². The molecule has 0 saturated carbocycles. The van der Waals surface area contributed by atoms with Crippen LogP contribution in [0.5, 0.6) is 0 Å². The predicted molar refractivity (Wildman–Crippen MR) is 71.5 cm³/mol. The highest BCUT2D eigenvalue weighted by atomic mass is 16.5. The van der Waals surface area contributed by atoms with E-state index in [0.29, 0.717) is 5.92 Å². The van der Waals surface area contributed by atoms with Gasteiger partial charge in [0.1, 0.15) is 5.82 Å². The minimum Gasteiger partial charge on any atom is -0.381 e. The molecule has 0 bridgehead atoms. The monoisotopic (exact) mass is 249 g/mol. The summed E-state index contributed by atoms with van der Waals surface area (Å²) < 4.78 is 5.40. The number of nitrogens with zero attached hydrogens (tertiary/aromatic N) is 2. The van der Waals surface area contributed by atoms with Crippen LogP contribution in [0.4, 0.5) is 0 Å². The van der Waals surface area contributed by atoms with E-state index < -0.39 is 0 Å². The zero-order valence-electron chi connectivity index (χ0n) is 11.6. The predicted octanol–water partition coefficient (Wildman–Crippen LogP) is 1.78. The number of rotatable bonds is 5. The smallest absolute Gasteiger partial charge is 0.129 e.